The minimum absolute atomic E-state index is 0.0242. The molecule has 0 aliphatic heterocycles. The molecule has 0 amide bonds. The van der Waals surface area contributed by atoms with E-state index in [-0.39, 0.29) is 23.6 Å². The summed E-state index contributed by atoms with van der Waals surface area (Å²) in [6.07, 6.45) is 9.27. The first kappa shape index (κ1) is 17.0. The van der Waals surface area contributed by atoms with E-state index in [2.05, 4.69) is 17.1 Å². The third-order valence-electron chi connectivity index (χ3n) is 4.38. The van der Waals surface area contributed by atoms with Gasteiger partial charge >= 0.3 is 5.97 Å². The van der Waals surface area contributed by atoms with E-state index in [1.165, 1.54) is 19.3 Å². The average Bonchev–Trinajstić information content (AvgIpc) is 2.97. The molecule has 120 valence electrons. The second-order valence-electron chi connectivity index (χ2n) is 6.12. The lowest BCUT2D eigenvalue weighted by atomic mass is 9.81. The van der Waals surface area contributed by atoms with Gasteiger partial charge in [0.1, 0.15) is 0 Å². The summed E-state index contributed by atoms with van der Waals surface area (Å²) in [5.74, 6) is 1.01. The maximum absolute atomic E-state index is 12.0. The number of aromatic nitrogens is 2. The van der Waals surface area contributed by atoms with Crippen molar-refractivity contribution in [2.45, 2.75) is 70.6 Å². The zero-order chi connectivity index (χ0) is 15.8. The highest BCUT2D eigenvalue weighted by Crippen LogP contribution is 2.34. The van der Waals surface area contributed by atoms with Gasteiger partial charge in [0.25, 0.3) is 0 Å². The molecule has 6 heteroatoms. The van der Waals surface area contributed by atoms with Gasteiger partial charge in [0.2, 0.25) is 7.85 Å². The smallest absolute Gasteiger partial charge is 0.308 e. The maximum atomic E-state index is 12.0. The monoisotopic (exact) mass is 304 g/mol. The first-order chi connectivity index (χ1) is 10.7. The Hall–Kier alpha value is -1.33. The van der Waals surface area contributed by atoms with Gasteiger partial charge in [-0.05, 0) is 32.1 Å². The van der Waals surface area contributed by atoms with E-state index in [9.17, 15) is 4.79 Å². The van der Waals surface area contributed by atoms with Gasteiger partial charge in [0.05, 0.1) is 12.5 Å². The zero-order valence-electron chi connectivity index (χ0n) is 13.4. The number of hydrogen-bond donors (Lipinski definition) is 0. The standard InChI is InChI=1S/C16H25BN2O3/c1-2-3-4-5-6-11-21-15(20)13-9-7-12(8-10-13)14-18-16(17)22-19-14/h12-13H,2-11H2,1H3. The summed E-state index contributed by atoms with van der Waals surface area (Å²) >= 11 is 0. The molecule has 0 unspecified atom stereocenters. The Labute approximate surface area is 133 Å². The van der Waals surface area contributed by atoms with E-state index < -0.39 is 0 Å². The minimum atomic E-state index is -0.0402. The van der Waals surface area contributed by atoms with E-state index in [0.29, 0.717) is 12.4 Å². The van der Waals surface area contributed by atoms with E-state index in [0.717, 1.165) is 38.5 Å². The van der Waals surface area contributed by atoms with Crippen LogP contribution >= 0.6 is 0 Å². The van der Waals surface area contributed by atoms with Gasteiger partial charge in [-0.25, -0.2) is 4.98 Å². The van der Waals surface area contributed by atoms with Crippen molar-refractivity contribution in [1.82, 2.24) is 10.1 Å². The molecule has 0 spiro atoms. The van der Waals surface area contributed by atoms with Crippen LogP contribution in [-0.4, -0.2) is 30.6 Å². The van der Waals surface area contributed by atoms with E-state index in [4.69, 9.17) is 17.1 Å². The number of carbonyl (C=O) groups is 1. The third-order valence-corrected chi connectivity index (χ3v) is 4.38. The summed E-state index contributed by atoms with van der Waals surface area (Å²) in [5, 5.41) is 3.87. The Kier molecular flexibility index (Phi) is 6.94. The van der Waals surface area contributed by atoms with Crippen molar-refractivity contribution >= 4 is 19.6 Å². The molecule has 2 radical (unpaired) electrons. The van der Waals surface area contributed by atoms with Crippen LogP contribution in [0.25, 0.3) is 0 Å². The summed E-state index contributed by atoms with van der Waals surface area (Å²) < 4.78 is 10.2. The molecule has 0 saturated heterocycles. The second kappa shape index (κ2) is 8.96. The van der Waals surface area contributed by atoms with Crippen LogP contribution in [0.4, 0.5) is 0 Å². The van der Waals surface area contributed by atoms with Gasteiger partial charge < -0.3 is 9.26 Å². The summed E-state index contributed by atoms with van der Waals surface area (Å²) in [6, 6.07) is 0. The molecule has 22 heavy (non-hydrogen) atoms. The van der Waals surface area contributed by atoms with Crippen LogP contribution in [0.15, 0.2) is 4.52 Å². The highest BCUT2D eigenvalue weighted by atomic mass is 16.5. The lowest BCUT2D eigenvalue weighted by Gasteiger charge is -2.25. The topological polar surface area (TPSA) is 65.2 Å². The van der Waals surface area contributed by atoms with Crippen LogP contribution in [-0.2, 0) is 9.53 Å². The molecule has 1 heterocycles. The van der Waals surface area contributed by atoms with E-state index >= 15 is 0 Å². The Morgan fingerprint density at radius 1 is 1.23 bits per heavy atom. The molecule has 0 aromatic carbocycles. The van der Waals surface area contributed by atoms with Crippen LogP contribution in [0.3, 0.4) is 0 Å². The molecule has 1 aromatic heterocycles. The molecule has 0 N–H and O–H groups in total. The zero-order valence-corrected chi connectivity index (χ0v) is 13.4. The highest BCUT2D eigenvalue weighted by Gasteiger charge is 2.30. The predicted molar refractivity (Wildman–Crippen MR) is 84.1 cm³/mol. The molecular weight excluding hydrogens is 279 g/mol. The summed E-state index contributed by atoms with van der Waals surface area (Å²) in [7, 11) is 5.44. The predicted octanol–water partition coefficient (Wildman–Crippen LogP) is 2.65. The molecule has 1 aliphatic carbocycles. The molecule has 1 aromatic rings. The molecule has 1 fully saturated rings. The van der Waals surface area contributed by atoms with Crippen molar-refractivity contribution < 1.29 is 14.1 Å². The number of nitrogens with zero attached hydrogens (tertiary/aromatic N) is 2. The van der Waals surface area contributed by atoms with Crippen LogP contribution in [0, 0.1) is 5.92 Å². The lowest BCUT2D eigenvalue weighted by molar-refractivity contribution is -0.149. The molecule has 0 atom stereocenters. The first-order valence-electron chi connectivity index (χ1n) is 8.46. The van der Waals surface area contributed by atoms with Gasteiger partial charge in [-0.15, -0.1) is 0 Å². The van der Waals surface area contributed by atoms with Crippen LogP contribution in [0.1, 0.15) is 76.5 Å². The number of rotatable bonds is 8. The number of esters is 1. The Morgan fingerprint density at radius 2 is 1.95 bits per heavy atom. The number of hydrogen-bond acceptors (Lipinski definition) is 5. The second-order valence-corrected chi connectivity index (χ2v) is 6.12. The molecule has 1 aliphatic rings. The van der Waals surface area contributed by atoms with Gasteiger partial charge in [0.15, 0.2) is 11.6 Å². The molecular formula is C16H25BN2O3. The Morgan fingerprint density at radius 3 is 2.59 bits per heavy atom. The molecule has 2 rings (SSSR count). The van der Waals surface area contributed by atoms with Crippen LogP contribution < -0.4 is 5.79 Å². The first-order valence-corrected chi connectivity index (χ1v) is 8.46. The van der Waals surface area contributed by atoms with Crippen molar-refractivity contribution in [3.63, 3.8) is 0 Å². The minimum Gasteiger partial charge on any atom is -0.465 e. The average molecular weight is 304 g/mol. The lowest BCUT2D eigenvalue weighted by Crippen LogP contribution is -2.24. The van der Waals surface area contributed by atoms with Crippen LogP contribution in [0.5, 0.6) is 0 Å². The third kappa shape index (κ3) is 5.14. The summed E-state index contributed by atoms with van der Waals surface area (Å²) in [5.41, 5.74) is 0. The van der Waals surface area contributed by atoms with Crippen molar-refractivity contribution in [3.05, 3.63) is 5.82 Å². The van der Waals surface area contributed by atoms with Crippen molar-refractivity contribution in [2.75, 3.05) is 6.61 Å². The number of ether oxygens (including phenoxy) is 1. The molecule has 1 saturated carbocycles. The molecule has 5 nitrogen and oxygen atoms in total. The number of carbonyl (C=O) groups excluding carboxylic acids is 1. The van der Waals surface area contributed by atoms with Gasteiger partial charge in [-0.1, -0.05) is 37.8 Å². The Bertz CT molecular complexity index is 456. The SMILES string of the molecule is [B]c1nc(C2CCC(C(=O)OCCCCCCC)CC2)no1. The van der Waals surface area contributed by atoms with E-state index in [1.807, 2.05) is 0 Å². The van der Waals surface area contributed by atoms with Gasteiger partial charge in [-0.2, -0.15) is 0 Å². The molecule has 0 bridgehead atoms. The van der Waals surface area contributed by atoms with Gasteiger partial charge in [0, 0.05) is 5.92 Å². The van der Waals surface area contributed by atoms with Crippen LogP contribution in [0.2, 0.25) is 0 Å². The van der Waals surface area contributed by atoms with E-state index in [1.54, 1.807) is 0 Å². The highest BCUT2D eigenvalue weighted by molar-refractivity contribution is 6.28. The van der Waals surface area contributed by atoms with Gasteiger partial charge in [-0.3, -0.25) is 4.79 Å². The normalized spacial score (nSPS) is 21.7. The Balaban J connectivity index is 1.62. The quantitative estimate of drug-likeness (QED) is 0.420. The summed E-state index contributed by atoms with van der Waals surface area (Å²) in [4.78, 5) is 16.1. The fourth-order valence-corrected chi connectivity index (χ4v) is 3.00. The fourth-order valence-electron chi connectivity index (χ4n) is 3.00. The van der Waals surface area contributed by atoms with Crippen molar-refractivity contribution in [3.8, 4) is 0 Å². The van der Waals surface area contributed by atoms with Crippen molar-refractivity contribution in [2.24, 2.45) is 5.92 Å². The summed E-state index contributed by atoms with van der Waals surface area (Å²) in [6.45, 7) is 2.75. The number of unbranched alkanes of at least 4 members (excludes halogenated alkanes) is 4. The fraction of sp³-hybridized carbons (Fsp3) is 0.812. The van der Waals surface area contributed by atoms with Crippen molar-refractivity contribution in [1.29, 1.82) is 0 Å². The largest absolute Gasteiger partial charge is 0.465 e. The maximum Gasteiger partial charge on any atom is 0.308 e.